The van der Waals surface area contributed by atoms with Gasteiger partial charge in [0.05, 0.1) is 13.2 Å². The minimum absolute atomic E-state index is 0.0452. The molecule has 0 saturated heterocycles. The van der Waals surface area contributed by atoms with Gasteiger partial charge in [-0.25, -0.2) is 9.89 Å². The second-order valence-electron chi connectivity index (χ2n) is 3.61. The first-order valence-corrected chi connectivity index (χ1v) is 5.34. The van der Waals surface area contributed by atoms with Crippen LogP contribution in [0.15, 0.2) is 35.1 Å². The zero-order valence-electron chi connectivity index (χ0n) is 9.26. The third kappa shape index (κ3) is 2.94. The number of aliphatic hydroxyl groups excluding tert-OH is 1. The van der Waals surface area contributed by atoms with Crippen molar-refractivity contribution < 1.29 is 5.11 Å². The SMILES string of the molecule is O=c1[nH]nc(CN(CCO)c2ccccc2)[nH]1. The molecular formula is C11H14N4O2. The van der Waals surface area contributed by atoms with Crippen LogP contribution in [0.3, 0.4) is 0 Å². The molecule has 6 heteroatoms. The monoisotopic (exact) mass is 234 g/mol. The van der Waals surface area contributed by atoms with Crippen LogP contribution >= 0.6 is 0 Å². The van der Waals surface area contributed by atoms with Crippen molar-refractivity contribution in [3.05, 3.63) is 46.6 Å². The number of hydrogen-bond acceptors (Lipinski definition) is 4. The van der Waals surface area contributed by atoms with Gasteiger partial charge in [-0.05, 0) is 12.1 Å². The summed E-state index contributed by atoms with van der Waals surface area (Å²) in [6.07, 6.45) is 0. The summed E-state index contributed by atoms with van der Waals surface area (Å²) in [5, 5.41) is 15.2. The fourth-order valence-corrected chi connectivity index (χ4v) is 1.62. The molecule has 0 aliphatic rings. The number of H-pyrrole nitrogens is 2. The summed E-state index contributed by atoms with van der Waals surface area (Å²) in [5.74, 6) is 0.548. The summed E-state index contributed by atoms with van der Waals surface area (Å²) < 4.78 is 0. The van der Waals surface area contributed by atoms with Crippen LogP contribution in [0.1, 0.15) is 5.82 Å². The summed E-state index contributed by atoms with van der Waals surface area (Å²) in [6, 6.07) is 9.66. The van der Waals surface area contributed by atoms with E-state index in [0.29, 0.717) is 18.9 Å². The van der Waals surface area contributed by atoms with Gasteiger partial charge in [0, 0.05) is 12.2 Å². The average molecular weight is 234 g/mol. The van der Waals surface area contributed by atoms with Gasteiger partial charge in [-0.1, -0.05) is 18.2 Å². The lowest BCUT2D eigenvalue weighted by Crippen LogP contribution is -2.26. The van der Waals surface area contributed by atoms with Crippen LogP contribution in [0, 0.1) is 0 Å². The highest BCUT2D eigenvalue weighted by atomic mass is 16.3. The van der Waals surface area contributed by atoms with E-state index in [9.17, 15) is 4.79 Å². The molecule has 1 aromatic heterocycles. The first-order valence-electron chi connectivity index (χ1n) is 5.34. The summed E-state index contributed by atoms with van der Waals surface area (Å²) in [6.45, 7) is 0.978. The molecular weight excluding hydrogens is 220 g/mol. The smallest absolute Gasteiger partial charge is 0.340 e. The second-order valence-corrected chi connectivity index (χ2v) is 3.61. The maximum absolute atomic E-state index is 10.9. The van der Waals surface area contributed by atoms with E-state index in [1.54, 1.807) is 0 Å². The number of aliphatic hydroxyl groups is 1. The molecule has 1 aromatic carbocycles. The molecule has 6 nitrogen and oxygen atoms in total. The quantitative estimate of drug-likeness (QED) is 0.685. The van der Waals surface area contributed by atoms with E-state index in [4.69, 9.17) is 5.11 Å². The van der Waals surface area contributed by atoms with Crippen molar-refractivity contribution in [3.8, 4) is 0 Å². The molecule has 3 N–H and O–H groups in total. The normalized spacial score (nSPS) is 10.4. The third-order valence-electron chi connectivity index (χ3n) is 2.38. The number of nitrogens with zero attached hydrogens (tertiary/aromatic N) is 2. The number of aromatic amines is 2. The van der Waals surface area contributed by atoms with E-state index in [1.807, 2.05) is 35.2 Å². The largest absolute Gasteiger partial charge is 0.395 e. The van der Waals surface area contributed by atoms with E-state index in [1.165, 1.54) is 0 Å². The summed E-state index contributed by atoms with van der Waals surface area (Å²) in [4.78, 5) is 15.5. The van der Waals surface area contributed by atoms with Crippen LogP contribution in [0.4, 0.5) is 5.69 Å². The molecule has 2 aromatic rings. The van der Waals surface area contributed by atoms with Crippen molar-refractivity contribution in [1.29, 1.82) is 0 Å². The van der Waals surface area contributed by atoms with Crippen molar-refractivity contribution in [2.45, 2.75) is 6.54 Å². The van der Waals surface area contributed by atoms with Gasteiger partial charge in [0.15, 0.2) is 0 Å². The third-order valence-corrected chi connectivity index (χ3v) is 2.38. The van der Waals surface area contributed by atoms with Crippen LogP contribution in [-0.4, -0.2) is 33.4 Å². The Morgan fingerprint density at radius 1 is 1.29 bits per heavy atom. The van der Waals surface area contributed by atoms with E-state index in [0.717, 1.165) is 5.69 Å². The van der Waals surface area contributed by atoms with Gasteiger partial charge in [-0.2, -0.15) is 5.10 Å². The Labute approximate surface area is 97.9 Å². The number of aromatic nitrogens is 3. The Balaban J connectivity index is 2.15. The molecule has 90 valence electrons. The summed E-state index contributed by atoms with van der Waals surface area (Å²) >= 11 is 0. The van der Waals surface area contributed by atoms with Gasteiger partial charge >= 0.3 is 5.69 Å². The lowest BCUT2D eigenvalue weighted by molar-refractivity contribution is 0.301. The summed E-state index contributed by atoms with van der Waals surface area (Å²) in [5.41, 5.74) is 0.655. The average Bonchev–Trinajstić information content (AvgIpc) is 2.75. The van der Waals surface area contributed by atoms with Crippen LogP contribution in [0.25, 0.3) is 0 Å². The Morgan fingerprint density at radius 3 is 2.65 bits per heavy atom. The highest BCUT2D eigenvalue weighted by Gasteiger charge is 2.08. The first-order chi connectivity index (χ1) is 8.29. The topological polar surface area (TPSA) is 85.0 Å². The highest BCUT2D eigenvalue weighted by Crippen LogP contribution is 2.14. The van der Waals surface area contributed by atoms with Gasteiger partial charge < -0.3 is 10.0 Å². The zero-order valence-corrected chi connectivity index (χ0v) is 9.26. The predicted molar refractivity (Wildman–Crippen MR) is 63.8 cm³/mol. The van der Waals surface area contributed by atoms with Crippen LogP contribution in [-0.2, 0) is 6.54 Å². The van der Waals surface area contributed by atoms with Gasteiger partial charge in [-0.3, -0.25) is 4.98 Å². The van der Waals surface area contributed by atoms with Crippen molar-refractivity contribution in [3.63, 3.8) is 0 Å². The number of para-hydroxylation sites is 1. The van der Waals surface area contributed by atoms with Crippen LogP contribution in [0.5, 0.6) is 0 Å². The fraction of sp³-hybridized carbons (Fsp3) is 0.273. The molecule has 0 amide bonds. The Bertz CT molecular complexity index is 505. The number of rotatable bonds is 5. The molecule has 2 rings (SSSR count). The van der Waals surface area contributed by atoms with Gasteiger partial charge in [0.1, 0.15) is 5.82 Å². The van der Waals surface area contributed by atoms with E-state index >= 15 is 0 Å². The molecule has 0 unspecified atom stereocenters. The minimum Gasteiger partial charge on any atom is -0.395 e. The molecule has 1 heterocycles. The molecule has 0 radical (unpaired) electrons. The number of anilines is 1. The van der Waals surface area contributed by atoms with E-state index in [2.05, 4.69) is 15.2 Å². The molecule has 0 spiro atoms. The molecule has 0 saturated carbocycles. The second kappa shape index (κ2) is 5.31. The number of nitrogens with one attached hydrogen (secondary N) is 2. The van der Waals surface area contributed by atoms with Crippen molar-refractivity contribution in [1.82, 2.24) is 15.2 Å². The molecule has 0 atom stereocenters. The molecule has 0 bridgehead atoms. The minimum atomic E-state index is -0.322. The van der Waals surface area contributed by atoms with Crippen LogP contribution < -0.4 is 10.6 Å². The molecule has 17 heavy (non-hydrogen) atoms. The lowest BCUT2D eigenvalue weighted by Gasteiger charge is -2.22. The number of benzene rings is 1. The first kappa shape index (κ1) is 11.4. The standard InChI is InChI=1S/C11H14N4O2/c16-7-6-15(9-4-2-1-3-5-9)8-10-12-11(17)14-13-10/h1-5,16H,6-8H2,(H2,12,13,14,17). The molecule has 0 aliphatic heterocycles. The van der Waals surface area contributed by atoms with E-state index < -0.39 is 0 Å². The zero-order chi connectivity index (χ0) is 12.1. The number of hydrogen-bond donors (Lipinski definition) is 3. The van der Waals surface area contributed by atoms with E-state index in [-0.39, 0.29) is 12.3 Å². The van der Waals surface area contributed by atoms with Gasteiger partial charge in [-0.15, -0.1) is 0 Å². The Hall–Kier alpha value is -2.08. The van der Waals surface area contributed by atoms with Crippen molar-refractivity contribution >= 4 is 5.69 Å². The molecule has 0 fully saturated rings. The van der Waals surface area contributed by atoms with Crippen molar-refractivity contribution in [2.24, 2.45) is 0 Å². The predicted octanol–water partition coefficient (Wildman–Crippen LogP) is 0.0969. The van der Waals surface area contributed by atoms with Crippen molar-refractivity contribution in [2.75, 3.05) is 18.1 Å². The Morgan fingerprint density at radius 2 is 2.06 bits per heavy atom. The van der Waals surface area contributed by atoms with Crippen LogP contribution in [0.2, 0.25) is 0 Å². The maximum Gasteiger partial charge on any atom is 0.340 e. The van der Waals surface area contributed by atoms with Gasteiger partial charge in [0.25, 0.3) is 0 Å². The lowest BCUT2D eigenvalue weighted by atomic mass is 10.3. The highest BCUT2D eigenvalue weighted by molar-refractivity contribution is 5.45. The Kier molecular flexibility index (Phi) is 3.56. The maximum atomic E-state index is 10.9. The molecule has 0 aliphatic carbocycles. The summed E-state index contributed by atoms with van der Waals surface area (Å²) in [7, 11) is 0. The van der Waals surface area contributed by atoms with Gasteiger partial charge in [0.2, 0.25) is 0 Å². The fourth-order valence-electron chi connectivity index (χ4n) is 1.62.